The molecule has 0 aliphatic heterocycles. The van der Waals surface area contributed by atoms with Crippen LogP contribution in [-0.4, -0.2) is 12.4 Å². The Morgan fingerprint density at radius 3 is 2.55 bits per heavy atom. The molecule has 3 nitrogen and oxygen atoms in total. The lowest BCUT2D eigenvalue weighted by molar-refractivity contribution is 0.103. The lowest BCUT2D eigenvalue weighted by Crippen LogP contribution is -2.04. The predicted octanol–water partition coefficient (Wildman–Crippen LogP) is 4.31. The maximum atomic E-state index is 12.5. The molecule has 0 bridgehead atoms. The van der Waals surface area contributed by atoms with Crippen molar-refractivity contribution in [3.8, 4) is 5.75 Å². The summed E-state index contributed by atoms with van der Waals surface area (Å²) in [7, 11) is 0. The van der Waals surface area contributed by atoms with Crippen LogP contribution < -0.4 is 10.5 Å². The van der Waals surface area contributed by atoms with Crippen molar-refractivity contribution in [1.29, 1.82) is 0 Å². The van der Waals surface area contributed by atoms with Crippen LogP contribution in [0.2, 0.25) is 5.02 Å². The number of benzene rings is 2. The summed E-state index contributed by atoms with van der Waals surface area (Å²) in [6.45, 7) is 2.48. The van der Waals surface area contributed by atoms with Gasteiger partial charge in [-0.2, -0.15) is 0 Å². The van der Waals surface area contributed by atoms with Gasteiger partial charge in [0.2, 0.25) is 0 Å². The summed E-state index contributed by atoms with van der Waals surface area (Å²) in [6, 6.07) is 10.1. The van der Waals surface area contributed by atoms with Gasteiger partial charge in [0.25, 0.3) is 0 Å². The molecular formula is C15H13BrClNO2. The summed E-state index contributed by atoms with van der Waals surface area (Å²) in [5, 5.41) is 0.343. The average molecular weight is 355 g/mol. The third-order valence-corrected chi connectivity index (χ3v) is 3.70. The Hall–Kier alpha value is -1.52. The van der Waals surface area contributed by atoms with Gasteiger partial charge in [-0.25, -0.2) is 0 Å². The lowest BCUT2D eigenvalue weighted by Gasteiger charge is -2.09. The van der Waals surface area contributed by atoms with Gasteiger partial charge in [0.05, 0.1) is 11.6 Å². The Bertz CT molecular complexity index is 658. The van der Waals surface area contributed by atoms with Gasteiger partial charge in [-0.1, -0.05) is 11.6 Å². The molecule has 0 spiro atoms. The maximum absolute atomic E-state index is 12.5. The van der Waals surface area contributed by atoms with Crippen molar-refractivity contribution in [3.63, 3.8) is 0 Å². The van der Waals surface area contributed by atoms with Crippen LogP contribution in [0.1, 0.15) is 22.8 Å². The van der Waals surface area contributed by atoms with Gasteiger partial charge in [0.1, 0.15) is 5.75 Å². The third-order valence-electron chi connectivity index (χ3n) is 2.73. The summed E-state index contributed by atoms with van der Waals surface area (Å²) in [5.74, 6) is 0.546. The van der Waals surface area contributed by atoms with Crippen molar-refractivity contribution in [1.82, 2.24) is 0 Å². The van der Waals surface area contributed by atoms with E-state index in [1.54, 1.807) is 36.4 Å². The molecular weight excluding hydrogens is 342 g/mol. The standard InChI is InChI=1S/C15H13BrClNO2/c1-2-20-10-4-6-11(13(16)8-10)15(19)12-5-3-9(18)7-14(12)17/h3-8H,2,18H2,1H3. The van der Waals surface area contributed by atoms with Gasteiger partial charge in [-0.15, -0.1) is 0 Å². The lowest BCUT2D eigenvalue weighted by atomic mass is 10.0. The summed E-state index contributed by atoms with van der Waals surface area (Å²) in [5.41, 5.74) is 7.10. The molecule has 0 radical (unpaired) electrons. The van der Waals surface area contributed by atoms with Gasteiger partial charge < -0.3 is 10.5 Å². The number of halogens is 2. The molecule has 0 atom stereocenters. The van der Waals surface area contributed by atoms with E-state index in [4.69, 9.17) is 22.1 Å². The fourth-order valence-corrected chi connectivity index (χ4v) is 2.61. The smallest absolute Gasteiger partial charge is 0.195 e. The number of rotatable bonds is 4. The minimum atomic E-state index is -0.162. The highest BCUT2D eigenvalue weighted by Crippen LogP contribution is 2.28. The molecule has 0 heterocycles. The molecule has 2 aromatic carbocycles. The summed E-state index contributed by atoms with van der Waals surface area (Å²) in [4.78, 5) is 12.5. The second-order valence-electron chi connectivity index (χ2n) is 4.14. The van der Waals surface area contributed by atoms with E-state index in [1.807, 2.05) is 6.92 Å². The highest BCUT2D eigenvalue weighted by molar-refractivity contribution is 9.10. The van der Waals surface area contributed by atoms with Gasteiger partial charge in [0.15, 0.2) is 5.78 Å². The normalized spacial score (nSPS) is 10.3. The molecule has 0 saturated carbocycles. The van der Waals surface area contributed by atoms with Gasteiger partial charge >= 0.3 is 0 Å². The Labute approximate surface area is 130 Å². The van der Waals surface area contributed by atoms with Crippen molar-refractivity contribution in [2.75, 3.05) is 12.3 Å². The monoisotopic (exact) mass is 353 g/mol. The molecule has 2 N–H and O–H groups in total. The molecule has 20 heavy (non-hydrogen) atoms. The molecule has 2 rings (SSSR count). The van der Waals surface area contributed by atoms with E-state index in [0.29, 0.717) is 38.7 Å². The molecule has 0 aliphatic carbocycles. The largest absolute Gasteiger partial charge is 0.494 e. The molecule has 0 aliphatic rings. The number of anilines is 1. The Morgan fingerprint density at radius 1 is 1.25 bits per heavy atom. The van der Waals surface area contributed by atoms with Crippen molar-refractivity contribution >= 4 is 39.0 Å². The van der Waals surface area contributed by atoms with Crippen LogP contribution in [0.15, 0.2) is 40.9 Å². The molecule has 104 valence electrons. The van der Waals surface area contributed by atoms with Crippen molar-refractivity contribution < 1.29 is 9.53 Å². The van der Waals surface area contributed by atoms with Crippen molar-refractivity contribution in [2.45, 2.75) is 6.92 Å². The zero-order chi connectivity index (χ0) is 14.7. The van der Waals surface area contributed by atoms with Crippen LogP contribution in [0.5, 0.6) is 5.75 Å². The van der Waals surface area contributed by atoms with E-state index in [2.05, 4.69) is 15.9 Å². The van der Waals surface area contributed by atoms with E-state index < -0.39 is 0 Å². The van der Waals surface area contributed by atoms with Crippen LogP contribution in [0, 0.1) is 0 Å². The molecule has 5 heteroatoms. The Kier molecular flexibility index (Phi) is 4.68. The molecule has 0 saturated heterocycles. The van der Waals surface area contributed by atoms with E-state index in [9.17, 15) is 4.79 Å². The first kappa shape index (κ1) is 14.9. The molecule has 2 aromatic rings. The number of nitrogens with two attached hydrogens (primary N) is 1. The summed E-state index contributed by atoms with van der Waals surface area (Å²) >= 11 is 9.45. The number of carbonyl (C=O) groups excluding carboxylic acids is 1. The zero-order valence-electron chi connectivity index (χ0n) is 10.8. The number of nitrogen functional groups attached to an aromatic ring is 1. The summed E-state index contributed by atoms with van der Waals surface area (Å²) < 4.78 is 6.05. The van der Waals surface area contributed by atoms with Gasteiger partial charge in [-0.05, 0) is 59.3 Å². The topological polar surface area (TPSA) is 52.3 Å². The minimum Gasteiger partial charge on any atom is -0.494 e. The number of ketones is 1. The first-order chi connectivity index (χ1) is 9.52. The second kappa shape index (κ2) is 6.29. The van der Waals surface area contributed by atoms with Crippen LogP contribution in [0.4, 0.5) is 5.69 Å². The third kappa shape index (κ3) is 3.14. The van der Waals surface area contributed by atoms with Crippen LogP contribution in [-0.2, 0) is 0 Å². The molecule has 0 unspecified atom stereocenters. The summed E-state index contributed by atoms with van der Waals surface area (Å²) in [6.07, 6.45) is 0. The van der Waals surface area contributed by atoms with Crippen LogP contribution >= 0.6 is 27.5 Å². The number of hydrogen-bond donors (Lipinski definition) is 1. The van der Waals surface area contributed by atoms with E-state index in [-0.39, 0.29) is 5.78 Å². The van der Waals surface area contributed by atoms with Crippen LogP contribution in [0.3, 0.4) is 0 Å². The van der Waals surface area contributed by atoms with Gasteiger partial charge in [-0.3, -0.25) is 4.79 Å². The van der Waals surface area contributed by atoms with Crippen LogP contribution in [0.25, 0.3) is 0 Å². The molecule has 0 amide bonds. The SMILES string of the molecule is CCOc1ccc(C(=O)c2ccc(N)cc2Cl)c(Br)c1. The van der Waals surface area contributed by atoms with E-state index in [0.717, 1.165) is 0 Å². The maximum Gasteiger partial charge on any atom is 0.195 e. The Balaban J connectivity index is 2.38. The highest BCUT2D eigenvalue weighted by Gasteiger charge is 2.16. The zero-order valence-corrected chi connectivity index (χ0v) is 13.2. The average Bonchev–Trinajstić information content (AvgIpc) is 2.38. The fraction of sp³-hybridized carbons (Fsp3) is 0.133. The highest BCUT2D eigenvalue weighted by atomic mass is 79.9. The van der Waals surface area contributed by atoms with E-state index >= 15 is 0 Å². The predicted molar refractivity (Wildman–Crippen MR) is 84.6 cm³/mol. The first-order valence-electron chi connectivity index (χ1n) is 6.05. The van der Waals surface area contributed by atoms with Gasteiger partial charge in [0, 0.05) is 21.3 Å². The molecule has 0 aromatic heterocycles. The number of carbonyl (C=O) groups is 1. The van der Waals surface area contributed by atoms with Crippen molar-refractivity contribution in [3.05, 3.63) is 57.0 Å². The second-order valence-corrected chi connectivity index (χ2v) is 5.40. The fourth-order valence-electron chi connectivity index (χ4n) is 1.80. The number of ether oxygens (including phenoxy) is 1. The Morgan fingerprint density at radius 2 is 1.95 bits per heavy atom. The number of hydrogen-bond acceptors (Lipinski definition) is 3. The van der Waals surface area contributed by atoms with Crippen molar-refractivity contribution in [2.24, 2.45) is 0 Å². The molecule has 0 fully saturated rings. The minimum absolute atomic E-state index is 0.162. The quantitative estimate of drug-likeness (QED) is 0.657. The first-order valence-corrected chi connectivity index (χ1v) is 7.22. The van der Waals surface area contributed by atoms with E-state index in [1.165, 1.54) is 0 Å².